The highest BCUT2D eigenvalue weighted by molar-refractivity contribution is 5.92. The van der Waals surface area contributed by atoms with E-state index in [9.17, 15) is 9.18 Å². The zero-order valence-electron chi connectivity index (χ0n) is 15.1. The maximum Gasteiger partial charge on any atom is 0.245 e. The average Bonchev–Trinajstić information content (AvgIpc) is 3.06. The minimum atomic E-state index is -0.616. The Morgan fingerprint density at radius 3 is 2.96 bits per heavy atom. The maximum absolute atomic E-state index is 13.6. The number of aromatic amines is 1. The van der Waals surface area contributed by atoms with E-state index in [4.69, 9.17) is 0 Å². The molecular weight excluding hydrogens is 347 g/mol. The van der Waals surface area contributed by atoms with Gasteiger partial charge >= 0.3 is 0 Å². The second-order valence-electron chi connectivity index (χ2n) is 6.83. The zero-order valence-corrected chi connectivity index (χ0v) is 15.1. The molecular formula is C19H21FN6O. The molecule has 1 amide bonds. The van der Waals surface area contributed by atoms with Gasteiger partial charge in [-0.1, -0.05) is 6.92 Å². The topological polar surface area (TPSA) is 95.6 Å². The molecule has 4 rings (SSSR count). The van der Waals surface area contributed by atoms with E-state index in [1.807, 2.05) is 6.92 Å². The highest BCUT2D eigenvalue weighted by Gasteiger charge is 2.44. The molecule has 0 aromatic carbocycles. The van der Waals surface area contributed by atoms with Crippen LogP contribution in [-0.4, -0.2) is 37.9 Å². The van der Waals surface area contributed by atoms with Gasteiger partial charge in [-0.3, -0.25) is 4.79 Å². The quantitative estimate of drug-likeness (QED) is 0.622. The van der Waals surface area contributed by atoms with Crippen LogP contribution < -0.4 is 10.6 Å². The van der Waals surface area contributed by atoms with Crippen LogP contribution in [0.1, 0.15) is 32.6 Å². The fraction of sp³-hybridized carbons (Fsp3) is 0.368. The second kappa shape index (κ2) is 6.94. The molecule has 0 bridgehead atoms. The van der Waals surface area contributed by atoms with Gasteiger partial charge in [-0.15, -0.1) is 0 Å². The summed E-state index contributed by atoms with van der Waals surface area (Å²) in [6.07, 6.45) is 7.93. The summed E-state index contributed by atoms with van der Waals surface area (Å²) in [7, 11) is 0. The molecule has 1 aliphatic rings. The number of nitrogens with one attached hydrogen (secondary N) is 3. The lowest BCUT2D eigenvalue weighted by Crippen LogP contribution is -2.57. The molecule has 3 N–H and O–H groups in total. The van der Waals surface area contributed by atoms with Crippen molar-refractivity contribution in [1.29, 1.82) is 0 Å². The van der Waals surface area contributed by atoms with Crippen molar-refractivity contribution in [3.05, 3.63) is 36.5 Å². The highest BCUT2D eigenvalue weighted by Crippen LogP contribution is 2.35. The minimum Gasteiger partial charge on any atom is -0.356 e. The van der Waals surface area contributed by atoms with Gasteiger partial charge < -0.3 is 15.6 Å². The molecule has 7 nitrogen and oxygen atoms in total. The number of amides is 1. The fourth-order valence-corrected chi connectivity index (χ4v) is 3.31. The third kappa shape index (κ3) is 3.22. The Morgan fingerprint density at radius 1 is 1.37 bits per heavy atom. The number of pyridine rings is 1. The molecule has 140 valence electrons. The summed E-state index contributed by atoms with van der Waals surface area (Å²) < 4.78 is 13.6. The average molecular weight is 368 g/mol. The first-order chi connectivity index (χ1) is 13.1. The van der Waals surface area contributed by atoms with Gasteiger partial charge in [0.2, 0.25) is 5.91 Å². The van der Waals surface area contributed by atoms with Crippen molar-refractivity contribution in [3.8, 4) is 11.4 Å². The Kier molecular flexibility index (Phi) is 4.47. The maximum atomic E-state index is 13.6. The molecule has 1 aliphatic carbocycles. The minimum absolute atomic E-state index is 0.00845. The van der Waals surface area contributed by atoms with Crippen LogP contribution in [0.3, 0.4) is 0 Å². The van der Waals surface area contributed by atoms with E-state index < -0.39 is 11.4 Å². The van der Waals surface area contributed by atoms with Gasteiger partial charge in [-0.25, -0.2) is 19.3 Å². The number of carbonyl (C=O) groups is 1. The van der Waals surface area contributed by atoms with E-state index in [1.54, 1.807) is 18.5 Å². The summed E-state index contributed by atoms with van der Waals surface area (Å²) in [5.74, 6) is 0.611. The van der Waals surface area contributed by atoms with Crippen molar-refractivity contribution < 1.29 is 9.18 Å². The summed E-state index contributed by atoms with van der Waals surface area (Å²) in [5, 5.41) is 6.88. The molecule has 27 heavy (non-hydrogen) atoms. The number of nitrogens with zero attached hydrogens (tertiary/aromatic N) is 3. The first kappa shape index (κ1) is 17.4. The first-order valence-corrected chi connectivity index (χ1v) is 9.14. The SMILES string of the molecule is CCCNC(=O)C1(Nc2ccnc(-c3c[nH]c4ncc(F)cc34)n2)CCC1. The molecule has 0 aliphatic heterocycles. The van der Waals surface area contributed by atoms with Crippen LogP contribution in [0, 0.1) is 5.82 Å². The van der Waals surface area contributed by atoms with E-state index in [0.717, 1.165) is 31.9 Å². The summed E-state index contributed by atoms with van der Waals surface area (Å²) >= 11 is 0. The van der Waals surface area contributed by atoms with Crippen LogP contribution in [-0.2, 0) is 4.79 Å². The Morgan fingerprint density at radius 2 is 2.22 bits per heavy atom. The van der Waals surface area contributed by atoms with Crippen LogP contribution in [0.5, 0.6) is 0 Å². The van der Waals surface area contributed by atoms with Gasteiger partial charge in [0.1, 0.15) is 22.8 Å². The molecule has 0 atom stereocenters. The molecule has 8 heteroatoms. The molecule has 0 spiro atoms. The van der Waals surface area contributed by atoms with Crippen molar-refractivity contribution in [3.63, 3.8) is 0 Å². The van der Waals surface area contributed by atoms with Gasteiger partial charge in [0, 0.05) is 29.9 Å². The molecule has 0 unspecified atom stereocenters. The standard InChI is InChI=1S/C19H21FN6O/c1-2-7-22-18(27)19(5-3-6-19)26-15-4-8-21-17(25-15)14-11-24-16-13(14)9-12(20)10-23-16/h4,8-11H,2-3,5-7H2,1H3,(H,22,27)(H,23,24)(H,21,25,26). The number of aromatic nitrogens is 4. The Bertz CT molecular complexity index is 981. The van der Waals surface area contributed by atoms with Gasteiger partial charge in [0.15, 0.2) is 5.82 Å². The fourth-order valence-electron chi connectivity index (χ4n) is 3.31. The summed E-state index contributed by atoms with van der Waals surface area (Å²) in [5.41, 5.74) is 0.621. The number of fused-ring (bicyclic) bond motifs is 1. The van der Waals surface area contributed by atoms with E-state index >= 15 is 0 Å². The molecule has 3 aromatic rings. The molecule has 3 aromatic heterocycles. The van der Waals surface area contributed by atoms with E-state index in [1.165, 1.54) is 6.07 Å². The smallest absolute Gasteiger partial charge is 0.245 e. The van der Waals surface area contributed by atoms with Crippen molar-refractivity contribution in [2.45, 2.75) is 38.1 Å². The van der Waals surface area contributed by atoms with Crippen molar-refractivity contribution in [2.75, 3.05) is 11.9 Å². The second-order valence-corrected chi connectivity index (χ2v) is 6.83. The Hall–Kier alpha value is -3.03. The van der Waals surface area contributed by atoms with Crippen molar-refractivity contribution >= 4 is 22.8 Å². The number of H-pyrrole nitrogens is 1. The number of hydrogen-bond acceptors (Lipinski definition) is 5. The largest absolute Gasteiger partial charge is 0.356 e. The van der Waals surface area contributed by atoms with E-state index in [2.05, 4.69) is 30.6 Å². The predicted molar refractivity (Wildman–Crippen MR) is 101 cm³/mol. The van der Waals surface area contributed by atoms with Crippen LogP contribution in [0.15, 0.2) is 30.7 Å². The van der Waals surface area contributed by atoms with Gasteiger partial charge in [-0.05, 0) is 37.8 Å². The van der Waals surface area contributed by atoms with E-state index in [-0.39, 0.29) is 5.91 Å². The Labute approximate surface area is 155 Å². The normalized spacial score (nSPS) is 15.3. The molecule has 0 radical (unpaired) electrons. The van der Waals surface area contributed by atoms with Crippen LogP contribution >= 0.6 is 0 Å². The Balaban J connectivity index is 1.62. The van der Waals surface area contributed by atoms with Crippen LogP contribution in [0.25, 0.3) is 22.4 Å². The third-order valence-electron chi connectivity index (χ3n) is 4.94. The lowest BCUT2D eigenvalue weighted by molar-refractivity contribution is -0.128. The van der Waals surface area contributed by atoms with Crippen LogP contribution in [0.2, 0.25) is 0 Å². The highest BCUT2D eigenvalue weighted by atomic mass is 19.1. The summed E-state index contributed by atoms with van der Waals surface area (Å²) in [6, 6.07) is 3.15. The summed E-state index contributed by atoms with van der Waals surface area (Å²) in [4.78, 5) is 28.5. The van der Waals surface area contributed by atoms with Gasteiger partial charge in [-0.2, -0.15) is 0 Å². The predicted octanol–water partition coefficient (Wildman–Crippen LogP) is 3.02. The zero-order chi connectivity index (χ0) is 18.9. The third-order valence-corrected chi connectivity index (χ3v) is 4.94. The monoisotopic (exact) mass is 368 g/mol. The molecule has 3 heterocycles. The van der Waals surface area contributed by atoms with Crippen LogP contribution in [0.4, 0.5) is 10.2 Å². The lowest BCUT2D eigenvalue weighted by Gasteiger charge is -2.41. The van der Waals surface area contributed by atoms with E-state index in [0.29, 0.717) is 34.8 Å². The number of anilines is 1. The van der Waals surface area contributed by atoms with Gasteiger partial charge in [0.05, 0.1) is 6.20 Å². The van der Waals surface area contributed by atoms with Crippen molar-refractivity contribution in [1.82, 2.24) is 25.3 Å². The molecule has 0 saturated heterocycles. The number of carbonyl (C=O) groups excluding carboxylic acids is 1. The number of rotatable bonds is 6. The number of hydrogen-bond donors (Lipinski definition) is 3. The lowest BCUT2D eigenvalue weighted by atomic mass is 9.76. The number of halogens is 1. The molecule has 1 saturated carbocycles. The molecule has 1 fully saturated rings. The van der Waals surface area contributed by atoms with Crippen molar-refractivity contribution in [2.24, 2.45) is 0 Å². The van der Waals surface area contributed by atoms with Gasteiger partial charge in [0.25, 0.3) is 0 Å². The first-order valence-electron chi connectivity index (χ1n) is 9.14. The summed E-state index contributed by atoms with van der Waals surface area (Å²) in [6.45, 7) is 2.68.